The van der Waals surface area contributed by atoms with Crippen molar-refractivity contribution in [2.75, 3.05) is 5.75 Å². The summed E-state index contributed by atoms with van der Waals surface area (Å²) in [6.07, 6.45) is 0.806. The Hall–Kier alpha value is -1.49. The Morgan fingerprint density at radius 2 is 1.87 bits per heavy atom. The molecule has 1 aliphatic heterocycles. The number of hydrogen-bond donors (Lipinski definition) is 0. The number of thioether (sulfide) groups is 1. The second-order valence-corrected chi connectivity index (χ2v) is 8.60. The van der Waals surface area contributed by atoms with Gasteiger partial charge < -0.3 is 14.8 Å². The summed E-state index contributed by atoms with van der Waals surface area (Å²) >= 11 is 1.55. The normalized spacial score (nSPS) is 30.3. The molecule has 4 nitrogen and oxygen atoms in total. The third kappa shape index (κ3) is 3.11. The van der Waals surface area contributed by atoms with E-state index >= 15 is 0 Å². The molecule has 124 valence electrons. The Kier molecular flexibility index (Phi) is 4.17. The van der Waals surface area contributed by atoms with Gasteiger partial charge in [-0.05, 0) is 23.3 Å². The van der Waals surface area contributed by atoms with E-state index in [2.05, 4.69) is 0 Å². The molecule has 2 aliphatic rings. The number of carbonyl (C=O) groups excluding carboxylic acids is 2. The second kappa shape index (κ2) is 5.86. The van der Waals surface area contributed by atoms with Crippen molar-refractivity contribution in [1.29, 1.82) is 0 Å². The molecule has 1 heterocycles. The molecule has 1 aliphatic carbocycles. The number of rotatable bonds is 3. The molecule has 4 atom stereocenters. The molecule has 0 aromatic heterocycles. The maximum Gasteiger partial charge on any atom is 0.227 e. The van der Waals surface area contributed by atoms with Crippen LogP contribution in [0.4, 0.5) is 0 Å². The topological polar surface area (TPSA) is 60.4 Å². The highest BCUT2D eigenvalue weighted by Gasteiger charge is 2.52. The summed E-state index contributed by atoms with van der Waals surface area (Å²) in [6.45, 7) is 6.14. The van der Waals surface area contributed by atoms with Crippen LogP contribution in [0.5, 0.6) is 0 Å². The highest BCUT2D eigenvalue weighted by Crippen LogP contribution is 2.51. The minimum Gasteiger partial charge on any atom is -0.548 e. The smallest absolute Gasteiger partial charge is 0.227 e. The molecule has 5 heteroatoms. The predicted octanol–water partition coefficient (Wildman–Crippen LogP) is 1.86. The van der Waals surface area contributed by atoms with Crippen LogP contribution in [-0.2, 0) is 9.59 Å². The van der Waals surface area contributed by atoms with Crippen LogP contribution < -0.4 is 5.11 Å². The molecule has 0 spiro atoms. The van der Waals surface area contributed by atoms with Gasteiger partial charge in [-0.3, -0.25) is 4.79 Å². The lowest BCUT2D eigenvalue weighted by atomic mass is 9.94. The minimum atomic E-state index is -1.14. The van der Waals surface area contributed by atoms with Crippen molar-refractivity contribution in [3.8, 4) is 0 Å². The third-order valence-corrected chi connectivity index (χ3v) is 6.36. The van der Waals surface area contributed by atoms with Crippen molar-refractivity contribution in [2.24, 2.45) is 11.3 Å². The fourth-order valence-electron chi connectivity index (χ4n) is 3.35. The lowest BCUT2D eigenvalue weighted by molar-refractivity contribution is -0.310. The van der Waals surface area contributed by atoms with Crippen LogP contribution in [0.3, 0.4) is 0 Å². The average Bonchev–Trinajstić information content (AvgIpc) is 3.15. The van der Waals surface area contributed by atoms with E-state index in [0.29, 0.717) is 5.75 Å². The van der Waals surface area contributed by atoms with Gasteiger partial charge in [-0.25, -0.2) is 0 Å². The average molecular weight is 332 g/mol. The number of aliphatic carboxylic acids is 1. The van der Waals surface area contributed by atoms with E-state index in [1.165, 1.54) is 0 Å². The van der Waals surface area contributed by atoms with Crippen LogP contribution in [0, 0.1) is 11.3 Å². The summed E-state index contributed by atoms with van der Waals surface area (Å²) < 4.78 is 0. The quantitative estimate of drug-likeness (QED) is 0.848. The maximum atomic E-state index is 13.0. The van der Waals surface area contributed by atoms with Crippen LogP contribution in [0.2, 0.25) is 0 Å². The molecular weight excluding hydrogens is 310 g/mol. The highest BCUT2D eigenvalue weighted by atomic mass is 32.2. The van der Waals surface area contributed by atoms with Gasteiger partial charge in [0.1, 0.15) is 0 Å². The first kappa shape index (κ1) is 16.4. The van der Waals surface area contributed by atoms with Gasteiger partial charge in [-0.2, -0.15) is 0 Å². The molecule has 1 aromatic carbocycles. The van der Waals surface area contributed by atoms with Crippen molar-refractivity contribution in [3.05, 3.63) is 35.9 Å². The zero-order chi connectivity index (χ0) is 16.8. The summed E-state index contributed by atoms with van der Waals surface area (Å²) in [7, 11) is 0. The maximum absolute atomic E-state index is 13.0. The summed E-state index contributed by atoms with van der Waals surface area (Å²) in [5, 5.41) is 11.3. The first-order valence-electron chi connectivity index (χ1n) is 8.00. The molecule has 0 unspecified atom stereocenters. The summed E-state index contributed by atoms with van der Waals surface area (Å²) in [5.74, 6) is -0.633. The minimum absolute atomic E-state index is 0.0296. The number of amides is 1. The Bertz CT molecular complexity index is 610. The van der Waals surface area contributed by atoms with Crippen LogP contribution in [0.15, 0.2) is 30.3 Å². The lowest BCUT2D eigenvalue weighted by Crippen LogP contribution is -2.53. The summed E-state index contributed by atoms with van der Waals surface area (Å²) in [5.41, 5.74) is 0.997. The van der Waals surface area contributed by atoms with Gasteiger partial charge in [-0.15, -0.1) is 11.8 Å². The third-order valence-electron chi connectivity index (χ3n) is 4.60. The van der Waals surface area contributed by atoms with E-state index in [1.807, 2.05) is 51.1 Å². The Balaban J connectivity index is 1.80. The van der Waals surface area contributed by atoms with Crippen molar-refractivity contribution in [3.63, 3.8) is 0 Å². The molecule has 2 fully saturated rings. The molecule has 1 amide bonds. The van der Waals surface area contributed by atoms with Crippen molar-refractivity contribution >= 4 is 23.6 Å². The van der Waals surface area contributed by atoms with E-state index in [4.69, 9.17) is 0 Å². The van der Waals surface area contributed by atoms with E-state index in [1.54, 1.807) is 16.7 Å². The molecule has 1 saturated carbocycles. The van der Waals surface area contributed by atoms with E-state index in [9.17, 15) is 14.7 Å². The first-order chi connectivity index (χ1) is 10.8. The Labute approximate surface area is 141 Å². The van der Waals surface area contributed by atoms with Crippen molar-refractivity contribution < 1.29 is 14.7 Å². The van der Waals surface area contributed by atoms with E-state index in [0.717, 1.165) is 12.0 Å². The lowest BCUT2D eigenvalue weighted by Gasteiger charge is -2.37. The molecular formula is C18H22NO3S-. The summed E-state index contributed by atoms with van der Waals surface area (Å²) in [6, 6.07) is 9.17. The predicted molar refractivity (Wildman–Crippen MR) is 88.6 cm³/mol. The molecule has 1 aromatic rings. The number of carboxylic acids is 1. The van der Waals surface area contributed by atoms with Gasteiger partial charge in [-0.1, -0.05) is 51.1 Å². The second-order valence-electron chi connectivity index (χ2n) is 7.49. The summed E-state index contributed by atoms with van der Waals surface area (Å²) in [4.78, 5) is 26.0. The number of nitrogens with zero attached hydrogens (tertiary/aromatic N) is 1. The van der Waals surface area contributed by atoms with Crippen LogP contribution >= 0.6 is 11.8 Å². The molecule has 1 saturated heterocycles. The van der Waals surface area contributed by atoms with Crippen LogP contribution in [-0.4, -0.2) is 33.9 Å². The van der Waals surface area contributed by atoms with Gasteiger partial charge >= 0.3 is 0 Å². The van der Waals surface area contributed by atoms with Crippen molar-refractivity contribution in [1.82, 2.24) is 4.90 Å². The zero-order valence-electron chi connectivity index (χ0n) is 13.7. The zero-order valence-corrected chi connectivity index (χ0v) is 14.5. The fourth-order valence-corrected chi connectivity index (χ4v) is 4.93. The first-order valence-corrected chi connectivity index (χ1v) is 9.05. The number of hydrogen-bond acceptors (Lipinski definition) is 4. The fraction of sp³-hybridized carbons (Fsp3) is 0.556. The van der Waals surface area contributed by atoms with Crippen LogP contribution in [0.1, 0.15) is 38.7 Å². The monoisotopic (exact) mass is 332 g/mol. The molecule has 0 bridgehead atoms. The van der Waals surface area contributed by atoms with E-state index < -0.39 is 12.0 Å². The van der Waals surface area contributed by atoms with E-state index in [-0.39, 0.29) is 28.5 Å². The SMILES string of the molecule is CC(C)(C)[C@@H]1SC[C@H](C(=O)[O-])N1C(=O)[C@@H]1C[C@@H]1c1ccccc1. The highest BCUT2D eigenvalue weighted by molar-refractivity contribution is 8.00. The van der Waals surface area contributed by atoms with Gasteiger partial charge in [0.05, 0.1) is 17.4 Å². The molecule has 3 rings (SSSR count). The van der Waals surface area contributed by atoms with Crippen LogP contribution in [0.25, 0.3) is 0 Å². The van der Waals surface area contributed by atoms with Gasteiger partial charge in [0.25, 0.3) is 0 Å². The molecule has 23 heavy (non-hydrogen) atoms. The van der Waals surface area contributed by atoms with Gasteiger partial charge in [0, 0.05) is 11.7 Å². The van der Waals surface area contributed by atoms with Gasteiger partial charge in [0.15, 0.2) is 0 Å². The number of carbonyl (C=O) groups is 2. The van der Waals surface area contributed by atoms with Gasteiger partial charge in [0.2, 0.25) is 5.91 Å². The number of carboxylic acid groups (broad SMARTS) is 1. The Morgan fingerprint density at radius 3 is 2.43 bits per heavy atom. The number of benzene rings is 1. The largest absolute Gasteiger partial charge is 0.548 e. The molecule has 0 N–H and O–H groups in total. The Morgan fingerprint density at radius 1 is 1.22 bits per heavy atom. The van der Waals surface area contributed by atoms with Crippen molar-refractivity contribution in [2.45, 2.75) is 44.5 Å². The molecule has 0 radical (unpaired) electrons. The standard InChI is InChI=1S/C18H23NO3S/c1-18(2,3)17-19(14(10-23-17)16(21)22)15(20)13-9-12(13)11-7-5-4-6-8-11/h4-8,12-14,17H,9-10H2,1-3H3,(H,21,22)/p-1/t12-,13-,14-,17+/m1/s1.